The zero-order valence-corrected chi connectivity index (χ0v) is 11.5. The van der Waals surface area contributed by atoms with E-state index in [9.17, 15) is 4.79 Å². The first-order valence-corrected chi connectivity index (χ1v) is 7.72. The second-order valence-electron chi connectivity index (χ2n) is 5.17. The van der Waals surface area contributed by atoms with Gasteiger partial charge >= 0.3 is 0 Å². The van der Waals surface area contributed by atoms with Crippen molar-refractivity contribution in [2.45, 2.75) is 51.9 Å². The molecule has 0 radical (unpaired) electrons. The smallest absolute Gasteiger partial charge is 0.136 e. The summed E-state index contributed by atoms with van der Waals surface area (Å²) in [5, 5.41) is 2.09. The molecule has 0 amide bonds. The summed E-state index contributed by atoms with van der Waals surface area (Å²) in [6.07, 6.45) is 7.81. The van der Waals surface area contributed by atoms with Crippen LogP contribution in [0.5, 0.6) is 0 Å². The summed E-state index contributed by atoms with van der Waals surface area (Å²) in [7, 11) is 0. The van der Waals surface area contributed by atoms with Gasteiger partial charge in [0.25, 0.3) is 0 Å². The second kappa shape index (κ2) is 6.34. The normalized spacial score (nSPS) is 24.8. The summed E-state index contributed by atoms with van der Waals surface area (Å²) in [6.45, 7) is 2.27. The van der Waals surface area contributed by atoms with Crippen LogP contribution in [0.4, 0.5) is 0 Å². The number of rotatable bonds is 5. The molecule has 17 heavy (non-hydrogen) atoms. The number of carbonyl (C=O) groups excluding carboxylic acids is 1. The van der Waals surface area contributed by atoms with Crippen LogP contribution < -0.4 is 0 Å². The minimum absolute atomic E-state index is 0.373. The highest BCUT2D eigenvalue weighted by Gasteiger charge is 2.24. The highest BCUT2D eigenvalue weighted by Crippen LogP contribution is 2.31. The van der Waals surface area contributed by atoms with Crippen molar-refractivity contribution >= 4 is 17.1 Å². The third-order valence-corrected chi connectivity index (χ3v) is 5.01. The molecule has 0 atom stereocenters. The number of aryl methyl sites for hydroxylation is 1. The van der Waals surface area contributed by atoms with Crippen LogP contribution in [-0.2, 0) is 11.2 Å². The average Bonchev–Trinajstić information content (AvgIpc) is 2.89. The number of Topliss-reactive ketones (excluding diaryl/α,β-unsaturated/α-hetero) is 1. The molecule has 0 unspecified atom stereocenters. The van der Waals surface area contributed by atoms with Gasteiger partial charge in [-0.3, -0.25) is 4.79 Å². The fraction of sp³-hybridized carbons (Fsp3) is 0.667. The average molecular weight is 250 g/mol. The van der Waals surface area contributed by atoms with Crippen LogP contribution >= 0.6 is 11.3 Å². The van der Waals surface area contributed by atoms with Crippen molar-refractivity contribution in [3.8, 4) is 0 Å². The van der Waals surface area contributed by atoms with Crippen molar-refractivity contribution in [1.29, 1.82) is 0 Å². The van der Waals surface area contributed by atoms with E-state index in [0.717, 1.165) is 31.6 Å². The third kappa shape index (κ3) is 3.67. The minimum atomic E-state index is 0.373. The lowest BCUT2D eigenvalue weighted by molar-refractivity contribution is -0.124. The number of hydrogen-bond acceptors (Lipinski definition) is 2. The lowest BCUT2D eigenvalue weighted by Crippen LogP contribution is -2.21. The minimum Gasteiger partial charge on any atom is -0.299 e. The lowest BCUT2D eigenvalue weighted by Gasteiger charge is -2.26. The Balaban J connectivity index is 1.73. The zero-order chi connectivity index (χ0) is 12.1. The predicted octanol–water partition coefficient (Wildman–Crippen LogP) is 4.47. The number of ketones is 1. The van der Waals surface area contributed by atoms with E-state index in [1.165, 1.54) is 24.1 Å². The number of thiophene rings is 1. The molecule has 0 N–H and O–H groups in total. The van der Waals surface area contributed by atoms with E-state index in [-0.39, 0.29) is 0 Å². The van der Waals surface area contributed by atoms with Gasteiger partial charge in [0.05, 0.1) is 0 Å². The van der Waals surface area contributed by atoms with Gasteiger partial charge in [-0.15, -0.1) is 11.3 Å². The van der Waals surface area contributed by atoms with E-state index >= 15 is 0 Å². The van der Waals surface area contributed by atoms with Crippen molar-refractivity contribution in [3.63, 3.8) is 0 Å². The van der Waals surface area contributed by atoms with E-state index in [0.29, 0.717) is 11.7 Å². The van der Waals surface area contributed by atoms with E-state index in [1.54, 1.807) is 11.3 Å². The molecule has 0 aliphatic heterocycles. The van der Waals surface area contributed by atoms with Gasteiger partial charge in [-0.05, 0) is 49.5 Å². The maximum absolute atomic E-state index is 12.1. The monoisotopic (exact) mass is 250 g/mol. The highest BCUT2D eigenvalue weighted by atomic mass is 32.1. The first-order valence-electron chi connectivity index (χ1n) is 6.84. The fourth-order valence-corrected chi connectivity index (χ4v) is 3.51. The van der Waals surface area contributed by atoms with Crippen molar-refractivity contribution in [2.75, 3.05) is 0 Å². The molecule has 1 aliphatic rings. The molecule has 1 heterocycles. The topological polar surface area (TPSA) is 17.1 Å². The van der Waals surface area contributed by atoms with Gasteiger partial charge < -0.3 is 0 Å². The van der Waals surface area contributed by atoms with Crippen LogP contribution in [0.3, 0.4) is 0 Å². The van der Waals surface area contributed by atoms with Gasteiger partial charge in [-0.2, -0.15) is 0 Å². The Kier molecular flexibility index (Phi) is 4.78. The molecule has 0 aromatic carbocycles. The summed E-state index contributed by atoms with van der Waals surface area (Å²) in [5.41, 5.74) is 0. The summed E-state index contributed by atoms with van der Waals surface area (Å²) in [5.74, 6) is 1.77. The SMILES string of the molecule is CCC1CCC(C(=O)CCc2cccs2)CC1. The van der Waals surface area contributed by atoms with Gasteiger partial charge in [0.15, 0.2) is 0 Å². The fourth-order valence-electron chi connectivity index (χ4n) is 2.80. The highest BCUT2D eigenvalue weighted by molar-refractivity contribution is 7.09. The molecule has 1 aromatic rings. The van der Waals surface area contributed by atoms with Gasteiger partial charge in [0.1, 0.15) is 5.78 Å². The number of hydrogen-bond donors (Lipinski definition) is 0. The van der Waals surface area contributed by atoms with Gasteiger partial charge in [-0.1, -0.05) is 19.4 Å². The van der Waals surface area contributed by atoms with Crippen LogP contribution in [0.15, 0.2) is 17.5 Å². The summed E-state index contributed by atoms with van der Waals surface area (Å²) in [4.78, 5) is 13.4. The molecule has 1 nitrogen and oxygen atoms in total. The molecule has 1 aliphatic carbocycles. The standard InChI is InChI=1S/C15H22OS/c1-2-12-5-7-13(8-6-12)15(16)10-9-14-4-3-11-17-14/h3-4,11-13H,2,5-10H2,1H3. The quantitative estimate of drug-likeness (QED) is 0.753. The molecule has 1 saturated carbocycles. The van der Waals surface area contributed by atoms with Crippen molar-refractivity contribution in [3.05, 3.63) is 22.4 Å². The Hall–Kier alpha value is -0.630. The molecule has 94 valence electrons. The number of carbonyl (C=O) groups is 1. The molecule has 0 spiro atoms. The Morgan fingerprint density at radius 1 is 1.35 bits per heavy atom. The van der Waals surface area contributed by atoms with Gasteiger partial charge in [0, 0.05) is 17.2 Å². The van der Waals surface area contributed by atoms with Gasteiger partial charge in [0.2, 0.25) is 0 Å². The summed E-state index contributed by atoms with van der Waals surface area (Å²) in [6, 6.07) is 4.20. The molecule has 2 rings (SSSR count). The van der Waals surface area contributed by atoms with Gasteiger partial charge in [-0.25, -0.2) is 0 Å². The second-order valence-corrected chi connectivity index (χ2v) is 6.20. The van der Waals surface area contributed by atoms with Crippen molar-refractivity contribution in [2.24, 2.45) is 11.8 Å². The van der Waals surface area contributed by atoms with Crippen LogP contribution in [0.2, 0.25) is 0 Å². The maximum atomic E-state index is 12.1. The van der Waals surface area contributed by atoms with Crippen LogP contribution in [0.25, 0.3) is 0 Å². The Morgan fingerprint density at radius 3 is 2.71 bits per heavy atom. The zero-order valence-electron chi connectivity index (χ0n) is 10.7. The molecule has 0 saturated heterocycles. The molecular weight excluding hydrogens is 228 g/mol. The molecule has 0 bridgehead atoms. The molecular formula is C15H22OS. The first kappa shape index (κ1) is 12.8. The Bertz CT molecular complexity index is 334. The lowest BCUT2D eigenvalue weighted by atomic mass is 9.78. The maximum Gasteiger partial charge on any atom is 0.136 e. The Morgan fingerprint density at radius 2 is 2.12 bits per heavy atom. The summed E-state index contributed by atoms with van der Waals surface area (Å²) >= 11 is 1.76. The van der Waals surface area contributed by atoms with E-state index in [4.69, 9.17) is 0 Å². The van der Waals surface area contributed by atoms with E-state index in [2.05, 4.69) is 24.4 Å². The van der Waals surface area contributed by atoms with Crippen molar-refractivity contribution < 1.29 is 4.79 Å². The van der Waals surface area contributed by atoms with Crippen molar-refractivity contribution in [1.82, 2.24) is 0 Å². The predicted molar refractivity (Wildman–Crippen MR) is 73.4 cm³/mol. The Labute approximate surface area is 108 Å². The summed E-state index contributed by atoms with van der Waals surface area (Å²) < 4.78 is 0. The third-order valence-electron chi connectivity index (χ3n) is 4.08. The molecule has 2 heteroatoms. The van der Waals surface area contributed by atoms with Crippen LogP contribution in [-0.4, -0.2) is 5.78 Å². The van der Waals surface area contributed by atoms with E-state index < -0.39 is 0 Å². The van der Waals surface area contributed by atoms with Crippen LogP contribution in [0.1, 0.15) is 50.3 Å². The first-order chi connectivity index (χ1) is 8.29. The molecule has 1 aromatic heterocycles. The largest absolute Gasteiger partial charge is 0.299 e. The van der Waals surface area contributed by atoms with E-state index in [1.807, 2.05) is 0 Å². The van der Waals surface area contributed by atoms with Crippen LogP contribution in [0, 0.1) is 11.8 Å². The molecule has 1 fully saturated rings.